The normalized spacial score (nSPS) is 19.1. The van der Waals surface area contributed by atoms with Crippen molar-refractivity contribution in [3.8, 4) is 17.4 Å². The number of quaternary nitrogens is 1. The molecule has 0 spiro atoms. The summed E-state index contributed by atoms with van der Waals surface area (Å²) in [6.07, 6.45) is 2.78. The molecular weight excluding hydrogens is 354 g/mol. The molecule has 0 saturated heterocycles. The molecule has 2 aromatic rings. The van der Waals surface area contributed by atoms with Crippen LogP contribution < -0.4 is 20.3 Å². The third-order valence-electron chi connectivity index (χ3n) is 5.17. The summed E-state index contributed by atoms with van der Waals surface area (Å²) >= 11 is 5.26. The second-order valence-corrected chi connectivity index (χ2v) is 7.14. The van der Waals surface area contributed by atoms with E-state index in [4.69, 9.17) is 21.7 Å². The molecule has 1 atom stereocenters. The molecule has 0 amide bonds. The maximum absolute atomic E-state index is 12.7. The number of aromatic amines is 1. The third-order valence-corrected chi connectivity index (χ3v) is 5.47. The molecule has 0 bridgehead atoms. The highest BCUT2D eigenvalue weighted by Gasteiger charge is 2.35. The maximum atomic E-state index is 12.7. The minimum Gasteiger partial charge on any atom is -0.494 e. The van der Waals surface area contributed by atoms with Gasteiger partial charge in [0.1, 0.15) is 11.6 Å². The van der Waals surface area contributed by atoms with Crippen molar-refractivity contribution >= 4 is 12.2 Å². The number of methoxy groups -OCH3 is 2. The fourth-order valence-corrected chi connectivity index (χ4v) is 4.08. The molecule has 0 unspecified atom stereocenters. The maximum Gasteiger partial charge on any atom is 0.265 e. The van der Waals surface area contributed by atoms with Crippen molar-refractivity contribution in [1.29, 1.82) is 0 Å². The van der Waals surface area contributed by atoms with Crippen molar-refractivity contribution in [2.45, 2.75) is 31.3 Å². The highest BCUT2D eigenvalue weighted by atomic mass is 32.1. The van der Waals surface area contributed by atoms with Crippen LogP contribution in [0.5, 0.6) is 17.4 Å². The van der Waals surface area contributed by atoms with E-state index in [-0.39, 0.29) is 28.3 Å². The summed E-state index contributed by atoms with van der Waals surface area (Å²) in [7, 11) is 3.19. The van der Waals surface area contributed by atoms with E-state index in [0.29, 0.717) is 17.1 Å². The summed E-state index contributed by atoms with van der Waals surface area (Å²) < 4.78 is 12.8. The Bertz CT molecular complexity index is 978. The number of hydrogen-bond donors (Lipinski definition) is 3. The molecule has 8 heteroatoms. The molecule has 1 saturated carbocycles. The van der Waals surface area contributed by atoms with E-state index in [1.54, 1.807) is 18.8 Å². The molecular formula is C18H22N3O4S+. The van der Waals surface area contributed by atoms with Gasteiger partial charge in [0.05, 0.1) is 20.8 Å². The van der Waals surface area contributed by atoms with Gasteiger partial charge in [-0.2, -0.15) is 0 Å². The van der Waals surface area contributed by atoms with Gasteiger partial charge in [-0.3, -0.25) is 14.3 Å². The van der Waals surface area contributed by atoms with Crippen LogP contribution in [0.2, 0.25) is 0 Å². The SMILES string of the molecule is COc1cc2c(cc1OC)[C@@H](c1c(O)n(C3CC3)c(=S)[nH]c1=O)[NH2+]CC2. The molecule has 1 aromatic heterocycles. The molecule has 4 rings (SSSR count). The van der Waals surface area contributed by atoms with Crippen LogP contribution in [-0.2, 0) is 6.42 Å². The van der Waals surface area contributed by atoms with Crippen LogP contribution in [0.15, 0.2) is 16.9 Å². The number of fused-ring (bicyclic) bond motifs is 1. The Hall–Kier alpha value is -2.32. The highest BCUT2D eigenvalue weighted by molar-refractivity contribution is 7.71. The molecule has 138 valence electrons. The Labute approximate surface area is 155 Å². The number of benzene rings is 1. The second-order valence-electron chi connectivity index (χ2n) is 6.76. The zero-order valence-corrected chi connectivity index (χ0v) is 15.6. The topological polar surface area (TPSA) is 93.1 Å². The first kappa shape index (κ1) is 17.1. The van der Waals surface area contributed by atoms with Crippen LogP contribution in [0.1, 0.15) is 41.6 Å². The lowest BCUT2D eigenvalue weighted by molar-refractivity contribution is -0.690. The number of H-pyrrole nitrogens is 1. The number of ether oxygens (including phenoxy) is 2. The van der Waals surface area contributed by atoms with Crippen LogP contribution in [0.25, 0.3) is 0 Å². The lowest BCUT2D eigenvalue weighted by atomic mass is 9.90. The second kappa shape index (κ2) is 6.44. The van der Waals surface area contributed by atoms with Crippen molar-refractivity contribution in [1.82, 2.24) is 9.55 Å². The largest absolute Gasteiger partial charge is 0.494 e. The fraction of sp³-hybridized carbons (Fsp3) is 0.444. The summed E-state index contributed by atoms with van der Waals surface area (Å²) in [5.74, 6) is 1.25. The Morgan fingerprint density at radius 1 is 1.27 bits per heavy atom. The zero-order valence-electron chi connectivity index (χ0n) is 14.7. The van der Waals surface area contributed by atoms with Gasteiger partial charge in [-0.25, -0.2) is 0 Å². The lowest BCUT2D eigenvalue weighted by Gasteiger charge is -2.26. The predicted octanol–water partition coefficient (Wildman–Crippen LogP) is 1.17. The van der Waals surface area contributed by atoms with Gasteiger partial charge in [-0.05, 0) is 42.8 Å². The molecule has 2 aliphatic rings. The van der Waals surface area contributed by atoms with Crippen molar-refractivity contribution in [3.63, 3.8) is 0 Å². The first-order chi connectivity index (χ1) is 12.5. The van der Waals surface area contributed by atoms with Gasteiger partial charge in [-0.15, -0.1) is 0 Å². The van der Waals surface area contributed by atoms with Gasteiger partial charge in [0, 0.05) is 18.0 Å². The number of nitrogens with zero attached hydrogens (tertiary/aromatic N) is 1. The van der Waals surface area contributed by atoms with Crippen molar-refractivity contribution in [3.05, 3.63) is 43.9 Å². The number of nitrogens with one attached hydrogen (secondary N) is 1. The fourth-order valence-electron chi connectivity index (χ4n) is 3.75. The van der Waals surface area contributed by atoms with E-state index in [1.807, 2.05) is 12.1 Å². The third kappa shape index (κ3) is 2.69. The monoisotopic (exact) mass is 376 g/mol. The molecule has 2 heterocycles. The van der Waals surface area contributed by atoms with E-state index in [0.717, 1.165) is 36.9 Å². The van der Waals surface area contributed by atoms with Crippen LogP contribution in [-0.4, -0.2) is 35.4 Å². The summed E-state index contributed by atoms with van der Waals surface area (Å²) in [6.45, 7) is 0.811. The van der Waals surface area contributed by atoms with Crippen LogP contribution in [0, 0.1) is 4.77 Å². The standard InChI is InChI=1S/C18H21N3O4S/c1-24-12-7-9-5-6-19-15(11(9)8-13(12)25-2)14-16(22)20-18(26)21(17(14)23)10-3-4-10/h7-8,10,15,19,23H,3-6H2,1-2H3,(H,20,22,26)/p+1/t15-/m0/s1. The Morgan fingerprint density at radius 2 is 1.96 bits per heavy atom. The molecule has 4 N–H and O–H groups in total. The van der Waals surface area contributed by atoms with Crippen molar-refractivity contribution < 1.29 is 19.9 Å². The first-order valence-corrected chi connectivity index (χ1v) is 9.11. The van der Waals surface area contributed by atoms with Crippen LogP contribution in [0.3, 0.4) is 0 Å². The minimum absolute atomic E-state index is 0.0230. The number of nitrogens with two attached hydrogens (primary N) is 1. The highest BCUT2D eigenvalue weighted by Crippen LogP contribution is 2.41. The molecule has 1 aliphatic heterocycles. The van der Waals surface area contributed by atoms with E-state index >= 15 is 0 Å². The number of aromatic nitrogens is 2. The van der Waals surface area contributed by atoms with Crippen LogP contribution >= 0.6 is 12.2 Å². The molecule has 1 fully saturated rings. The molecule has 0 radical (unpaired) electrons. The predicted molar refractivity (Wildman–Crippen MR) is 97.7 cm³/mol. The lowest BCUT2D eigenvalue weighted by Crippen LogP contribution is -2.87. The number of aromatic hydroxyl groups is 1. The first-order valence-electron chi connectivity index (χ1n) is 8.71. The van der Waals surface area contributed by atoms with Crippen molar-refractivity contribution in [2.75, 3.05) is 20.8 Å². The summed E-state index contributed by atoms with van der Waals surface area (Å²) in [5.41, 5.74) is 2.05. The quantitative estimate of drug-likeness (QED) is 0.697. The number of hydrogen-bond acceptors (Lipinski definition) is 5. The van der Waals surface area contributed by atoms with Gasteiger partial charge in [0.25, 0.3) is 5.56 Å². The zero-order chi connectivity index (χ0) is 18.4. The average molecular weight is 376 g/mol. The van der Waals surface area contributed by atoms with Gasteiger partial charge in [0.15, 0.2) is 16.3 Å². The van der Waals surface area contributed by atoms with E-state index in [9.17, 15) is 9.90 Å². The van der Waals surface area contributed by atoms with E-state index in [2.05, 4.69) is 10.3 Å². The average Bonchev–Trinajstić information content (AvgIpc) is 3.45. The summed E-state index contributed by atoms with van der Waals surface area (Å²) in [6, 6.07) is 3.71. The minimum atomic E-state index is -0.340. The Balaban J connectivity index is 1.90. The Kier molecular flexibility index (Phi) is 4.24. The molecule has 26 heavy (non-hydrogen) atoms. The number of rotatable bonds is 4. The Morgan fingerprint density at radius 3 is 2.62 bits per heavy atom. The smallest absolute Gasteiger partial charge is 0.265 e. The molecule has 1 aromatic carbocycles. The van der Waals surface area contributed by atoms with Gasteiger partial charge in [0.2, 0.25) is 5.88 Å². The molecule has 1 aliphatic carbocycles. The van der Waals surface area contributed by atoms with E-state index in [1.165, 1.54) is 0 Å². The van der Waals surface area contributed by atoms with E-state index < -0.39 is 0 Å². The van der Waals surface area contributed by atoms with Crippen LogP contribution in [0.4, 0.5) is 0 Å². The van der Waals surface area contributed by atoms with Gasteiger partial charge < -0.3 is 19.9 Å². The van der Waals surface area contributed by atoms with Crippen molar-refractivity contribution in [2.24, 2.45) is 0 Å². The summed E-state index contributed by atoms with van der Waals surface area (Å²) in [4.78, 5) is 15.4. The van der Waals surface area contributed by atoms with Gasteiger partial charge >= 0.3 is 0 Å². The molecule has 7 nitrogen and oxygen atoms in total. The summed E-state index contributed by atoms with van der Waals surface area (Å²) in [5, 5.41) is 12.9. The van der Waals surface area contributed by atoms with Gasteiger partial charge in [-0.1, -0.05) is 0 Å².